The van der Waals surface area contributed by atoms with Crippen molar-refractivity contribution in [3.05, 3.63) is 66.5 Å². The van der Waals surface area contributed by atoms with Crippen LogP contribution < -0.4 is 29.7 Å². The molecule has 3 aromatic heterocycles. The second-order valence-electron chi connectivity index (χ2n) is 6.87. The number of aromatic carboxylic acids is 1. The van der Waals surface area contributed by atoms with E-state index in [0.717, 1.165) is 16.6 Å². The maximum Gasteiger partial charge on any atom is 1.00 e. The zero-order valence-electron chi connectivity index (χ0n) is 16.7. The van der Waals surface area contributed by atoms with Gasteiger partial charge in [-0.3, -0.25) is 4.40 Å². The number of aryl methyl sites for hydroxylation is 1. The molecule has 0 aliphatic rings. The molecule has 10 heteroatoms. The van der Waals surface area contributed by atoms with Gasteiger partial charge in [-0.2, -0.15) is 0 Å². The van der Waals surface area contributed by atoms with Gasteiger partial charge in [0.2, 0.25) is 0 Å². The molecule has 8 nitrogen and oxygen atoms in total. The summed E-state index contributed by atoms with van der Waals surface area (Å²) >= 11 is 0. The largest absolute Gasteiger partial charge is 1.00 e. The number of nitrogens with two attached hydrogens (primary N) is 1. The van der Waals surface area contributed by atoms with Crippen LogP contribution >= 0.6 is 0 Å². The van der Waals surface area contributed by atoms with E-state index in [9.17, 15) is 14.3 Å². The van der Waals surface area contributed by atoms with Gasteiger partial charge in [-0.05, 0) is 36.4 Å². The van der Waals surface area contributed by atoms with Crippen LogP contribution in [0.25, 0.3) is 39.2 Å². The summed E-state index contributed by atoms with van der Waals surface area (Å²) in [5.74, 6) is -1.76. The molecule has 0 amide bonds. The molecule has 31 heavy (non-hydrogen) atoms. The van der Waals surface area contributed by atoms with E-state index in [0.29, 0.717) is 17.0 Å². The number of aromatic nitrogens is 5. The summed E-state index contributed by atoms with van der Waals surface area (Å²) < 4.78 is 16.9. The van der Waals surface area contributed by atoms with Gasteiger partial charge in [-0.1, -0.05) is 6.07 Å². The number of rotatable bonds is 3. The van der Waals surface area contributed by atoms with E-state index >= 15 is 0 Å². The van der Waals surface area contributed by atoms with Gasteiger partial charge in [0.25, 0.3) is 0 Å². The molecule has 3 heterocycles. The smallest absolute Gasteiger partial charge is 0.543 e. The Bertz CT molecular complexity index is 1460. The molecule has 148 valence electrons. The first-order chi connectivity index (χ1) is 14.4. The van der Waals surface area contributed by atoms with E-state index in [2.05, 4.69) is 15.0 Å². The minimum absolute atomic E-state index is 0. The van der Waals surface area contributed by atoms with Crippen molar-refractivity contribution >= 4 is 28.5 Å². The van der Waals surface area contributed by atoms with Crippen LogP contribution in [0.2, 0.25) is 0 Å². The summed E-state index contributed by atoms with van der Waals surface area (Å²) in [6.45, 7) is 0. The van der Waals surface area contributed by atoms with E-state index < -0.39 is 5.97 Å². The number of carboxylic acids is 1. The fourth-order valence-electron chi connectivity index (χ4n) is 3.53. The van der Waals surface area contributed by atoms with Crippen molar-refractivity contribution in [1.29, 1.82) is 0 Å². The first-order valence-corrected chi connectivity index (χ1v) is 8.99. The molecule has 0 atom stereocenters. The number of carbonyl (C=O) groups is 1. The van der Waals surface area contributed by atoms with Gasteiger partial charge < -0.3 is 20.2 Å². The van der Waals surface area contributed by atoms with Crippen LogP contribution in [0.4, 0.5) is 10.2 Å². The molecule has 0 fully saturated rings. The van der Waals surface area contributed by atoms with E-state index in [1.165, 1.54) is 18.3 Å². The number of carbonyl (C=O) groups excluding carboxylic acids is 1. The molecule has 0 saturated heterocycles. The molecule has 2 aromatic carbocycles. The van der Waals surface area contributed by atoms with Crippen LogP contribution in [0.5, 0.6) is 0 Å². The third-order valence-electron chi connectivity index (χ3n) is 4.96. The molecule has 5 rings (SSSR count). The number of nitrogens with zero attached hydrogens (tertiary/aromatic N) is 5. The van der Waals surface area contributed by atoms with Crippen molar-refractivity contribution in [2.24, 2.45) is 7.05 Å². The van der Waals surface area contributed by atoms with Crippen LogP contribution in [0.1, 0.15) is 10.5 Å². The third kappa shape index (κ3) is 3.34. The van der Waals surface area contributed by atoms with E-state index in [1.807, 2.05) is 29.8 Å². The van der Waals surface area contributed by atoms with Crippen molar-refractivity contribution in [1.82, 2.24) is 23.9 Å². The zero-order chi connectivity index (χ0) is 21.0. The van der Waals surface area contributed by atoms with Crippen LogP contribution in [0.15, 0.2) is 55.0 Å². The summed E-state index contributed by atoms with van der Waals surface area (Å²) in [6, 6.07) is 11.5. The predicted molar refractivity (Wildman–Crippen MR) is 107 cm³/mol. The van der Waals surface area contributed by atoms with E-state index in [1.54, 1.807) is 22.9 Å². The second kappa shape index (κ2) is 7.54. The molecular weight excluding hydrogens is 394 g/mol. The van der Waals surface area contributed by atoms with Gasteiger partial charge in [0.1, 0.15) is 11.5 Å². The van der Waals surface area contributed by atoms with Gasteiger partial charge in [-0.15, -0.1) is 0 Å². The van der Waals surface area contributed by atoms with Gasteiger partial charge >= 0.3 is 18.9 Å². The Labute approximate surface area is 187 Å². The Morgan fingerprint density at radius 3 is 2.52 bits per heavy atom. The summed E-state index contributed by atoms with van der Waals surface area (Å²) in [6.07, 6.45) is 3.05. The van der Waals surface area contributed by atoms with E-state index in [4.69, 9.17) is 5.73 Å². The zero-order valence-corrected chi connectivity index (χ0v) is 16.7. The number of hydrogen-bond acceptors (Lipinski definition) is 6. The number of imidazole rings is 2. The first-order valence-electron chi connectivity index (χ1n) is 8.99. The Morgan fingerprint density at radius 2 is 1.81 bits per heavy atom. The monoisotopic (exact) mass is 408 g/mol. The van der Waals surface area contributed by atoms with Crippen molar-refractivity contribution in [3.8, 4) is 22.5 Å². The van der Waals surface area contributed by atoms with Crippen molar-refractivity contribution in [3.63, 3.8) is 0 Å². The molecule has 0 aliphatic heterocycles. The SMILES string of the molecule is Cn1cnc2ccc(-c3c(-c4ccc(F)cc4)nc(N)c4nc(C(=O)[O-])cn34)cc21.[Li+]. The molecular formula is C21H14FLiN6O2. The summed E-state index contributed by atoms with van der Waals surface area (Å²) in [5, 5.41) is 11.4. The van der Waals surface area contributed by atoms with Gasteiger partial charge in [0, 0.05) is 24.4 Å². The van der Waals surface area contributed by atoms with Crippen molar-refractivity contribution in [2.75, 3.05) is 5.73 Å². The average Bonchev–Trinajstić information content (AvgIpc) is 3.33. The fraction of sp³-hybridized carbons (Fsp3) is 0.0476. The molecule has 0 spiro atoms. The molecule has 0 aliphatic carbocycles. The average molecular weight is 408 g/mol. The molecule has 0 saturated carbocycles. The predicted octanol–water partition coefficient (Wildman–Crippen LogP) is -0.961. The third-order valence-corrected chi connectivity index (χ3v) is 4.96. The van der Waals surface area contributed by atoms with Crippen molar-refractivity contribution < 1.29 is 33.2 Å². The summed E-state index contributed by atoms with van der Waals surface area (Å²) in [4.78, 5) is 24.3. The number of fused-ring (bicyclic) bond motifs is 2. The number of anilines is 1. The van der Waals surface area contributed by atoms with Crippen LogP contribution in [0.3, 0.4) is 0 Å². The van der Waals surface area contributed by atoms with E-state index in [-0.39, 0.29) is 41.8 Å². The molecule has 0 bridgehead atoms. The topological polar surface area (TPSA) is 114 Å². The fourth-order valence-corrected chi connectivity index (χ4v) is 3.53. The van der Waals surface area contributed by atoms with Crippen molar-refractivity contribution in [2.45, 2.75) is 0 Å². The summed E-state index contributed by atoms with van der Waals surface area (Å²) in [7, 11) is 1.88. The molecule has 0 radical (unpaired) electrons. The second-order valence-corrected chi connectivity index (χ2v) is 6.87. The number of benzene rings is 2. The van der Waals surface area contributed by atoms with Crippen LogP contribution in [-0.2, 0) is 7.05 Å². The Hall–Kier alpha value is -3.67. The van der Waals surface area contributed by atoms with Gasteiger partial charge in [0.15, 0.2) is 11.5 Å². The first kappa shape index (κ1) is 20.6. The summed E-state index contributed by atoms with van der Waals surface area (Å²) in [5.41, 5.74) is 10.1. The van der Waals surface area contributed by atoms with Crippen LogP contribution in [-0.4, -0.2) is 29.9 Å². The Balaban J connectivity index is 0.00000231. The number of hydrogen-bond donors (Lipinski definition) is 1. The van der Waals surface area contributed by atoms with Crippen LogP contribution in [0, 0.1) is 5.82 Å². The minimum Gasteiger partial charge on any atom is -0.543 e. The molecule has 0 unspecified atom stereocenters. The standard InChI is InChI=1S/C21H15FN6O2.Li/c1-27-10-24-14-7-4-12(8-16(14)27)18-17(11-2-5-13(22)6-3-11)26-19(23)20-25-15(21(29)30)9-28(18)20;/h2-10H,1H3,(H2,23,26)(H,29,30);/q;+1/p-1. The maximum absolute atomic E-state index is 13.5. The number of halogens is 1. The van der Waals surface area contributed by atoms with Gasteiger partial charge in [0.05, 0.1) is 34.7 Å². The number of nitrogen functional groups attached to an aromatic ring is 1. The van der Waals surface area contributed by atoms with Gasteiger partial charge in [-0.25, -0.2) is 19.3 Å². The minimum atomic E-state index is -1.42. The quantitative estimate of drug-likeness (QED) is 0.385. The number of carboxylic acid groups (broad SMARTS) is 1. The molecule has 2 N–H and O–H groups in total. The Kier molecular flexibility index (Phi) is 5.01. The maximum atomic E-state index is 13.5. The Morgan fingerprint density at radius 1 is 1.10 bits per heavy atom. The normalized spacial score (nSPS) is 11.0. The molecule has 5 aromatic rings.